The third kappa shape index (κ3) is 2.79. The van der Waals surface area contributed by atoms with Gasteiger partial charge < -0.3 is 4.57 Å². The van der Waals surface area contributed by atoms with Crippen LogP contribution >= 0.6 is 15.9 Å². The highest BCUT2D eigenvalue weighted by Crippen LogP contribution is 2.40. The van der Waals surface area contributed by atoms with Gasteiger partial charge in [-0.15, -0.1) is 0 Å². The third-order valence-electron chi connectivity index (χ3n) is 6.88. The molecule has 0 saturated carbocycles. The predicted octanol–water partition coefficient (Wildman–Crippen LogP) is 9.52. The van der Waals surface area contributed by atoms with Gasteiger partial charge in [0.15, 0.2) is 0 Å². The molecule has 0 N–H and O–H groups in total. The van der Waals surface area contributed by atoms with Gasteiger partial charge in [-0.1, -0.05) is 113 Å². The van der Waals surface area contributed by atoms with Crippen LogP contribution in [0.2, 0.25) is 0 Å². The molecular weight excluding hydrogens is 478 g/mol. The zero-order chi connectivity index (χ0) is 22.6. The summed E-state index contributed by atoms with van der Waals surface area (Å²) < 4.78 is 3.54. The Kier molecular flexibility index (Phi) is 4.36. The van der Waals surface area contributed by atoms with Crippen molar-refractivity contribution in [2.24, 2.45) is 0 Å². The maximum atomic E-state index is 3.73. The van der Waals surface area contributed by atoms with Gasteiger partial charge in [-0.3, -0.25) is 0 Å². The molecule has 160 valence electrons. The molecule has 0 aliphatic heterocycles. The van der Waals surface area contributed by atoms with Gasteiger partial charge in [-0.2, -0.15) is 0 Å². The smallest absolute Gasteiger partial charge is 0.0541 e. The van der Waals surface area contributed by atoms with Crippen molar-refractivity contribution in [2.75, 3.05) is 0 Å². The molecule has 0 saturated heterocycles. The Balaban J connectivity index is 1.58. The van der Waals surface area contributed by atoms with Crippen LogP contribution in [0.5, 0.6) is 0 Å². The summed E-state index contributed by atoms with van der Waals surface area (Å²) >= 11 is 3.73. The van der Waals surface area contributed by atoms with Crippen molar-refractivity contribution in [3.8, 4) is 16.8 Å². The summed E-state index contributed by atoms with van der Waals surface area (Å²) in [5.41, 5.74) is 6.18. The lowest BCUT2D eigenvalue weighted by Crippen LogP contribution is -1.96. The van der Waals surface area contributed by atoms with Gasteiger partial charge in [0.1, 0.15) is 0 Å². The minimum absolute atomic E-state index is 1.12. The average Bonchev–Trinajstić information content (AvgIpc) is 3.23. The molecule has 34 heavy (non-hydrogen) atoms. The van der Waals surface area contributed by atoms with Crippen LogP contribution in [0.3, 0.4) is 0 Å². The van der Waals surface area contributed by atoms with Crippen molar-refractivity contribution < 1.29 is 0 Å². The second kappa shape index (κ2) is 7.58. The second-order valence-electron chi connectivity index (χ2n) is 8.69. The summed E-state index contributed by atoms with van der Waals surface area (Å²) in [6.45, 7) is 0. The topological polar surface area (TPSA) is 4.93 Å². The second-order valence-corrected chi connectivity index (χ2v) is 9.54. The quantitative estimate of drug-likeness (QED) is 0.224. The van der Waals surface area contributed by atoms with E-state index in [4.69, 9.17) is 0 Å². The zero-order valence-corrected chi connectivity index (χ0v) is 20.0. The first kappa shape index (κ1) is 19.6. The molecule has 0 fully saturated rings. The molecular formula is C32H20BrN. The van der Waals surface area contributed by atoms with Crippen LogP contribution in [0.1, 0.15) is 0 Å². The van der Waals surface area contributed by atoms with E-state index in [9.17, 15) is 0 Å². The Morgan fingerprint density at radius 2 is 0.824 bits per heavy atom. The minimum atomic E-state index is 1.12. The molecule has 1 heterocycles. The number of nitrogens with zero attached hydrogens (tertiary/aromatic N) is 1. The number of hydrogen-bond donors (Lipinski definition) is 0. The maximum absolute atomic E-state index is 3.73. The van der Waals surface area contributed by atoms with E-state index in [1.54, 1.807) is 0 Å². The van der Waals surface area contributed by atoms with E-state index in [0.29, 0.717) is 0 Å². The van der Waals surface area contributed by atoms with Crippen molar-refractivity contribution in [1.82, 2.24) is 4.57 Å². The van der Waals surface area contributed by atoms with Crippen LogP contribution in [-0.4, -0.2) is 4.57 Å². The molecule has 1 aromatic heterocycles. The fourth-order valence-corrected chi connectivity index (χ4v) is 5.87. The highest BCUT2D eigenvalue weighted by molar-refractivity contribution is 9.10. The first-order chi connectivity index (χ1) is 16.8. The van der Waals surface area contributed by atoms with E-state index >= 15 is 0 Å². The Morgan fingerprint density at radius 3 is 1.44 bits per heavy atom. The number of benzene rings is 6. The van der Waals surface area contributed by atoms with Gasteiger partial charge in [-0.05, 0) is 51.6 Å². The standard InChI is InChI=1S/C32H20BrN/c33-29-19-17-23(21-9-1-3-11-25(21)29)24-18-20-32(26-12-4-2-10-22(24)26)34-30-15-7-5-13-27(30)28-14-6-8-16-31(28)34/h1-20H. The molecule has 0 aliphatic rings. The SMILES string of the molecule is Brc1ccc(-c2ccc(-n3c4ccccc4c4ccccc43)c3ccccc23)c2ccccc12. The summed E-state index contributed by atoms with van der Waals surface area (Å²) in [5, 5.41) is 7.56. The van der Waals surface area contributed by atoms with Crippen molar-refractivity contribution in [3.63, 3.8) is 0 Å². The molecule has 2 heteroatoms. The molecule has 0 aliphatic carbocycles. The van der Waals surface area contributed by atoms with Crippen molar-refractivity contribution >= 4 is 59.3 Å². The Bertz CT molecular complexity index is 1820. The first-order valence-corrected chi connectivity index (χ1v) is 12.3. The summed E-state index contributed by atoms with van der Waals surface area (Å²) in [5.74, 6) is 0. The lowest BCUT2D eigenvalue weighted by molar-refractivity contribution is 1.20. The molecule has 0 spiro atoms. The fraction of sp³-hybridized carbons (Fsp3) is 0. The summed E-state index contributed by atoms with van der Waals surface area (Å²) in [7, 11) is 0. The molecule has 7 rings (SSSR count). The van der Waals surface area contributed by atoms with Gasteiger partial charge in [0.05, 0.1) is 16.7 Å². The van der Waals surface area contributed by atoms with Crippen molar-refractivity contribution in [3.05, 3.63) is 126 Å². The van der Waals surface area contributed by atoms with Crippen LogP contribution < -0.4 is 0 Å². The van der Waals surface area contributed by atoms with Crippen LogP contribution in [0.15, 0.2) is 126 Å². The zero-order valence-electron chi connectivity index (χ0n) is 18.4. The van der Waals surface area contributed by atoms with Gasteiger partial charge in [0, 0.05) is 20.6 Å². The van der Waals surface area contributed by atoms with Gasteiger partial charge >= 0.3 is 0 Å². The van der Waals surface area contributed by atoms with E-state index < -0.39 is 0 Å². The molecule has 7 aromatic rings. The van der Waals surface area contributed by atoms with E-state index in [0.717, 1.165) is 4.47 Å². The Labute approximate surface area is 206 Å². The molecule has 0 atom stereocenters. The van der Waals surface area contributed by atoms with Crippen LogP contribution in [-0.2, 0) is 0 Å². The van der Waals surface area contributed by atoms with E-state index in [1.807, 2.05) is 0 Å². The number of para-hydroxylation sites is 2. The summed E-state index contributed by atoms with van der Waals surface area (Å²) in [6.07, 6.45) is 0. The van der Waals surface area contributed by atoms with E-state index in [-0.39, 0.29) is 0 Å². The van der Waals surface area contributed by atoms with E-state index in [2.05, 4.69) is 142 Å². The van der Waals surface area contributed by atoms with Gasteiger partial charge in [0.25, 0.3) is 0 Å². The molecule has 0 bridgehead atoms. The highest BCUT2D eigenvalue weighted by atomic mass is 79.9. The number of halogens is 1. The number of fused-ring (bicyclic) bond motifs is 5. The first-order valence-electron chi connectivity index (χ1n) is 11.5. The number of hydrogen-bond acceptors (Lipinski definition) is 0. The van der Waals surface area contributed by atoms with Crippen LogP contribution in [0, 0.1) is 0 Å². The van der Waals surface area contributed by atoms with Crippen LogP contribution in [0.4, 0.5) is 0 Å². The van der Waals surface area contributed by atoms with E-state index in [1.165, 1.54) is 60.2 Å². The molecule has 6 aromatic carbocycles. The van der Waals surface area contributed by atoms with Crippen molar-refractivity contribution in [2.45, 2.75) is 0 Å². The van der Waals surface area contributed by atoms with Gasteiger partial charge in [0.2, 0.25) is 0 Å². The maximum Gasteiger partial charge on any atom is 0.0541 e. The van der Waals surface area contributed by atoms with Crippen LogP contribution in [0.25, 0.3) is 60.2 Å². The largest absolute Gasteiger partial charge is 0.309 e. The summed E-state index contributed by atoms with van der Waals surface area (Å²) in [6, 6.07) is 43.7. The molecule has 0 radical (unpaired) electrons. The predicted molar refractivity (Wildman–Crippen MR) is 149 cm³/mol. The number of rotatable bonds is 2. The molecule has 1 nitrogen and oxygen atoms in total. The third-order valence-corrected chi connectivity index (χ3v) is 7.57. The normalized spacial score (nSPS) is 11.7. The lowest BCUT2D eigenvalue weighted by atomic mass is 9.93. The minimum Gasteiger partial charge on any atom is -0.309 e. The van der Waals surface area contributed by atoms with Gasteiger partial charge in [-0.25, -0.2) is 0 Å². The average molecular weight is 498 g/mol. The lowest BCUT2D eigenvalue weighted by Gasteiger charge is -2.16. The molecule has 0 amide bonds. The number of aromatic nitrogens is 1. The monoisotopic (exact) mass is 497 g/mol. The Hall–Kier alpha value is -3.88. The molecule has 0 unspecified atom stereocenters. The fourth-order valence-electron chi connectivity index (χ4n) is 5.39. The highest BCUT2D eigenvalue weighted by Gasteiger charge is 2.16. The summed E-state index contributed by atoms with van der Waals surface area (Å²) in [4.78, 5) is 0. The Morgan fingerprint density at radius 1 is 0.382 bits per heavy atom. The van der Waals surface area contributed by atoms with Crippen molar-refractivity contribution in [1.29, 1.82) is 0 Å².